The first-order valence-corrected chi connectivity index (χ1v) is 10.1. The van der Waals surface area contributed by atoms with Crippen molar-refractivity contribution in [3.05, 3.63) is 57.6 Å². The topological polar surface area (TPSA) is 79.6 Å². The van der Waals surface area contributed by atoms with Crippen LogP contribution >= 0.6 is 0 Å². The molecule has 1 aromatic heterocycles. The third kappa shape index (κ3) is 4.83. The van der Waals surface area contributed by atoms with Gasteiger partial charge in [-0.1, -0.05) is 25.1 Å². The minimum atomic E-state index is -0.698. The quantitative estimate of drug-likeness (QED) is 0.503. The van der Waals surface area contributed by atoms with Crippen molar-refractivity contribution in [2.24, 2.45) is 0 Å². The number of fused-ring (bicyclic) bond motifs is 1. The van der Waals surface area contributed by atoms with E-state index in [0.29, 0.717) is 17.6 Å². The van der Waals surface area contributed by atoms with Crippen LogP contribution < -0.4 is 16.4 Å². The van der Waals surface area contributed by atoms with E-state index in [2.05, 4.69) is 28.6 Å². The molecule has 1 N–H and O–H groups in total. The maximum absolute atomic E-state index is 12.6. The van der Waals surface area contributed by atoms with Crippen LogP contribution in [0.3, 0.4) is 0 Å². The van der Waals surface area contributed by atoms with E-state index in [1.165, 1.54) is 9.13 Å². The fraction of sp³-hybridized carbons (Fsp3) is 0.476. The van der Waals surface area contributed by atoms with E-state index >= 15 is 0 Å². The lowest BCUT2D eigenvalue weighted by Crippen LogP contribution is -2.48. The van der Waals surface area contributed by atoms with Gasteiger partial charge in [-0.2, -0.15) is 0 Å². The normalized spacial score (nSPS) is 15.5. The Kier molecular flexibility index (Phi) is 7.00. The van der Waals surface area contributed by atoms with Crippen molar-refractivity contribution in [1.82, 2.24) is 24.3 Å². The van der Waals surface area contributed by atoms with Gasteiger partial charge in [0.25, 0.3) is 0 Å². The largest absolute Gasteiger partial charge is 0.353 e. The summed E-state index contributed by atoms with van der Waals surface area (Å²) in [7, 11) is 0. The van der Waals surface area contributed by atoms with Crippen molar-refractivity contribution in [2.75, 3.05) is 45.8 Å². The van der Waals surface area contributed by atoms with Crippen LogP contribution in [0.1, 0.15) is 6.92 Å². The van der Waals surface area contributed by atoms with E-state index in [9.17, 15) is 14.4 Å². The summed E-state index contributed by atoms with van der Waals surface area (Å²) in [6.07, 6.45) is 1.57. The molecular weight excluding hydrogens is 370 g/mol. The zero-order chi connectivity index (χ0) is 20.8. The summed E-state index contributed by atoms with van der Waals surface area (Å²) in [5.41, 5.74) is -0.176. The Balaban J connectivity index is 1.67. The minimum Gasteiger partial charge on any atom is -0.353 e. The van der Waals surface area contributed by atoms with Gasteiger partial charge in [0.15, 0.2) is 0 Å². The Bertz CT molecular complexity index is 986. The Morgan fingerprint density at radius 3 is 2.24 bits per heavy atom. The average molecular weight is 399 g/mol. The zero-order valence-electron chi connectivity index (χ0n) is 17.0. The summed E-state index contributed by atoms with van der Waals surface area (Å²) in [5, 5.41) is 2.88. The van der Waals surface area contributed by atoms with Gasteiger partial charge in [0.05, 0.1) is 11.0 Å². The van der Waals surface area contributed by atoms with E-state index in [1.807, 2.05) is 0 Å². The predicted octanol–water partition coefficient (Wildman–Crippen LogP) is 0.103. The number of likely N-dealkylation sites (N-methyl/N-ethyl adjacent to an activating group) is 1. The van der Waals surface area contributed by atoms with E-state index < -0.39 is 11.1 Å². The lowest BCUT2D eigenvalue weighted by Gasteiger charge is -2.33. The molecule has 156 valence electrons. The van der Waals surface area contributed by atoms with Gasteiger partial charge in [0, 0.05) is 45.8 Å². The van der Waals surface area contributed by atoms with Crippen LogP contribution in [0, 0.1) is 0 Å². The second-order valence-electron chi connectivity index (χ2n) is 7.21. The summed E-state index contributed by atoms with van der Waals surface area (Å²) in [4.78, 5) is 42.3. The molecule has 1 saturated heterocycles. The molecule has 8 nitrogen and oxygen atoms in total. The SMILES string of the molecule is C=CCn1c(=O)c(=O)n(CC(=O)NCCN2CCN(CC)CC2)c2ccccc21. The summed E-state index contributed by atoms with van der Waals surface area (Å²) in [5.74, 6) is -0.273. The Morgan fingerprint density at radius 2 is 1.62 bits per heavy atom. The second kappa shape index (κ2) is 9.67. The monoisotopic (exact) mass is 399 g/mol. The average Bonchev–Trinajstić information content (AvgIpc) is 2.75. The number of carbonyl (C=O) groups is 1. The van der Waals surface area contributed by atoms with Crippen LogP contribution in [0.2, 0.25) is 0 Å². The molecule has 0 aliphatic carbocycles. The molecule has 3 rings (SSSR count). The molecule has 29 heavy (non-hydrogen) atoms. The number of rotatable bonds is 8. The molecule has 0 saturated carbocycles. The number of hydrogen-bond acceptors (Lipinski definition) is 5. The molecule has 1 aliphatic rings. The Labute approximate surface area is 170 Å². The molecular formula is C21H29N5O3. The fourth-order valence-corrected chi connectivity index (χ4v) is 3.72. The summed E-state index contributed by atoms with van der Waals surface area (Å²) >= 11 is 0. The maximum atomic E-state index is 12.6. The highest BCUT2D eigenvalue weighted by Gasteiger charge is 2.16. The van der Waals surface area contributed by atoms with Crippen LogP contribution in [0.15, 0.2) is 46.5 Å². The molecule has 1 aromatic carbocycles. The van der Waals surface area contributed by atoms with Gasteiger partial charge in [-0.15, -0.1) is 6.58 Å². The van der Waals surface area contributed by atoms with E-state index in [-0.39, 0.29) is 19.0 Å². The zero-order valence-corrected chi connectivity index (χ0v) is 17.0. The van der Waals surface area contributed by atoms with Gasteiger partial charge >= 0.3 is 11.1 Å². The molecule has 0 atom stereocenters. The molecule has 1 amide bonds. The Hall–Kier alpha value is -2.71. The Morgan fingerprint density at radius 1 is 1.03 bits per heavy atom. The first-order chi connectivity index (χ1) is 14.0. The molecule has 8 heteroatoms. The number of carbonyl (C=O) groups excluding carboxylic acids is 1. The van der Waals surface area contributed by atoms with E-state index in [0.717, 1.165) is 39.3 Å². The van der Waals surface area contributed by atoms with Crippen LogP contribution in [-0.2, 0) is 17.9 Å². The highest BCUT2D eigenvalue weighted by atomic mass is 16.2. The number of aromatic nitrogens is 2. The lowest BCUT2D eigenvalue weighted by atomic mass is 10.2. The molecule has 0 radical (unpaired) electrons. The first-order valence-electron chi connectivity index (χ1n) is 10.1. The summed E-state index contributed by atoms with van der Waals surface area (Å²) in [6.45, 7) is 12.3. The van der Waals surface area contributed by atoms with Crippen molar-refractivity contribution in [2.45, 2.75) is 20.0 Å². The number of benzene rings is 1. The summed E-state index contributed by atoms with van der Waals surface area (Å²) < 4.78 is 2.64. The molecule has 1 fully saturated rings. The van der Waals surface area contributed by atoms with Gasteiger partial charge in [0.1, 0.15) is 6.54 Å². The summed E-state index contributed by atoms with van der Waals surface area (Å²) in [6, 6.07) is 7.10. The molecule has 2 heterocycles. The predicted molar refractivity (Wildman–Crippen MR) is 114 cm³/mol. The number of hydrogen-bond donors (Lipinski definition) is 1. The van der Waals surface area contributed by atoms with Crippen molar-refractivity contribution < 1.29 is 4.79 Å². The van der Waals surface area contributed by atoms with Crippen molar-refractivity contribution in [1.29, 1.82) is 0 Å². The van der Waals surface area contributed by atoms with Gasteiger partial charge in [-0.25, -0.2) is 0 Å². The third-order valence-electron chi connectivity index (χ3n) is 5.41. The number of nitrogens with zero attached hydrogens (tertiary/aromatic N) is 4. The van der Waals surface area contributed by atoms with E-state index in [1.54, 1.807) is 30.3 Å². The molecule has 2 aromatic rings. The first kappa shape index (κ1) is 21.0. The van der Waals surface area contributed by atoms with Crippen molar-refractivity contribution >= 4 is 16.9 Å². The maximum Gasteiger partial charge on any atom is 0.317 e. The van der Waals surface area contributed by atoms with Crippen molar-refractivity contribution in [3.63, 3.8) is 0 Å². The smallest absolute Gasteiger partial charge is 0.317 e. The molecule has 0 bridgehead atoms. The number of nitrogens with one attached hydrogen (secondary N) is 1. The molecule has 0 unspecified atom stereocenters. The standard InChI is InChI=1S/C21H29N5O3/c1-3-10-25-17-7-5-6-8-18(17)26(21(29)20(25)28)16-19(27)22-9-11-24-14-12-23(4-2)13-15-24/h3,5-8H,1,4,9-16H2,2H3,(H,22,27). The third-order valence-corrected chi connectivity index (χ3v) is 5.41. The van der Waals surface area contributed by atoms with Gasteiger partial charge in [-0.05, 0) is 18.7 Å². The van der Waals surface area contributed by atoms with Gasteiger partial charge < -0.3 is 10.2 Å². The number of allylic oxidation sites excluding steroid dienone is 1. The van der Waals surface area contributed by atoms with Gasteiger partial charge in [-0.3, -0.25) is 28.4 Å². The fourth-order valence-electron chi connectivity index (χ4n) is 3.72. The highest BCUT2D eigenvalue weighted by Crippen LogP contribution is 2.10. The van der Waals surface area contributed by atoms with Crippen LogP contribution in [0.5, 0.6) is 0 Å². The van der Waals surface area contributed by atoms with Crippen LogP contribution in [-0.4, -0.2) is 70.7 Å². The van der Waals surface area contributed by atoms with Crippen molar-refractivity contribution in [3.8, 4) is 0 Å². The number of para-hydroxylation sites is 2. The molecule has 1 aliphatic heterocycles. The van der Waals surface area contributed by atoms with Crippen LogP contribution in [0.4, 0.5) is 0 Å². The minimum absolute atomic E-state index is 0.173. The number of piperazine rings is 1. The highest BCUT2D eigenvalue weighted by molar-refractivity contribution is 5.80. The van der Waals surface area contributed by atoms with Gasteiger partial charge in [0.2, 0.25) is 5.91 Å². The lowest BCUT2D eigenvalue weighted by molar-refractivity contribution is -0.121. The molecule has 0 spiro atoms. The second-order valence-corrected chi connectivity index (χ2v) is 7.21. The van der Waals surface area contributed by atoms with E-state index in [4.69, 9.17) is 0 Å². The van der Waals surface area contributed by atoms with Crippen LogP contribution in [0.25, 0.3) is 11.0 Å². The number of amides is 1.